The summed E-state index contributed by atoms with van der Waals surface area (Å²) >= 11 is 11.8. The molecule has 3 aromatic heterocycles. The van der Waals surface area contributed by atoms with Crippen LogP contribution in [-0.2, 0) is 9.59 Å². The van der Waals surface area contributed by atoms with Crippen LogP contribution in [0.3, 0.4) is 0 Å². The van der Waals surface area contributed by atoms with Crippen molar-refractivity contribution in [3.05, 3.63) is 28.5 Å². The monoisotopic (exact) mass is 495 g/mol. The van der Waals surface area contributed by atoms with Crippen LogP contribution < -0.4 is 5.73 Å². The molecule has 0 saturated heterocycles. The van der Waals surface area contributed by atoms with Crippen LogP contribution >= 0.6 is 23.2 Å². The van der Waals surface area contributed by atoms with E-state index in [1.165, 1.54) is 0 Å². The number of anilines is 1. The predicted octanol–water partition coefficient (Wildman–Crippen LogP) is 4.11. The summed E-state index contributed by atoms with van der Waals surface area (Å²) in [6.07, 6.45) is -8.50. The Kier molecular flexibility index (Phi) is 8.12. The van der Waals surface area contributed by atoms with Gasteiger partial charge in [-0.2, -0.15) is 26.3 Å². The summed E-state index contributed by atoms with van der Waals surface area (Å²) in [5, 5.41) is 15.1. The van der Waals surface area contributed by atoms with Crippen molar-refractivity contribution in [2.75, 3.05) is 5.73 Å². The largest absolute Gasteiger partial charge is 0.490 e. The second kappa shape index (κ2) is 9.74. The molecular formula is C14H9Cl2F6N5O4. The number of alkyl halides is 6. The van der Waals surface area contributed by atoms with Crippen LogP contribution in [0.2, 0.25) is 10.2 Å². The number of aliphatic carboxylic acids is 2. The fraction of sp³-hybridized carbons (Fsp3) is 0.143. The molecule has 17 heteroatoms. The average Bonchev–Trinajstić information content (AvgIpc) is 3.15. The molecule has 0 aromatic carbocycles. The molecule has 0 fully saturated rings. The molecule has 0 aliphatic carbocycles. The topological polar surface area (TPSA) is 158 Å². The lowest BCUT2D eigenvalue weighted by molar-refractivity contribution is -0.193. The fourth-order valence-electron chi connectivity index (χ4n) is 1.68. The highest BCUT2D eigenvalue weighted by Gasteiger charge is 2.38. The van der Waals surface area contributed by atoms with Crippen molar-refractivity contribution in [3.63, 3.8) is 0 Å². The Labute approximate surface area is 176 Å². The zero-order chi connectivity index (χ0) is 24.1. The molecule has 3 rings (SSSR count). The Morgan fingerprint density at radius 3 is 1.87 bits per heavy atom. The van der Waals surface area contributed by atoms with Crippen molar-refractivity contribution in [2.45, 2.75) is 12.4 Å². The highest BCUT2D eigenvalue weighted by Crippen LogP contribution is 2.30. The molecule has 3 aromatic rings. The molecule has 0 unspecified atom stereocenters. The predicted molar refractivity (Wildman–Crippen MR) is 95.5 cm³/mol. The molecule has 0 aliphatic rings. The minimum atomic E-state index is -5.08. The molecule has 0 bridgehead atoms. The number of pyridine rings is 1. The molecule has 170 valence electrons. The van der Waals surface area contributed by atoms with Crippen LogP contribution in [0, 0.1) is 0 Å². The smallest absolute Gasteiger partial charge is 0.475 e. The number of nitrogens with zero attached hydrogens (tertiary/aromatic N) is 2. The van der Waals surface area contributed by atoms with Gasteiger partial charge in [-0.3, -0.25) is 4.98 Å². The van der Waals surface area contributed by atoms with E-state index >= 15 is 0 Å². The molecular weight excluding hydrogens is 487 g/mol. The highest BCUT2D eigenvalue weighted by atomic mass is 35.5. The molecule has 31 heavy (non-hydrogen) atoms. The summed E-state index contributed by atoms with van der Waals surface area (Å²) in [4.78, 5) is 32.1. The Hall–Kier alpha value is -3.20. The van der Waals surface area contributed by atoms with Crippen molar-refractivity contribution < 1.29 is 46.1 Å². The maximum absolute atomic E-state index is 10.6. The van der Waals surface area contributed by atoms with Gasteiger partial charge in [0.05, 0.1) is 16.2 Å². The minimum Gasteiger partial charge on any atom is -0.475 e. The highest BCUT2D eigenvalue weighted by molar-refractivity contribution is 6.41. The number of halogens is 8. The third-order valence-electron chi connectivity index (χ3n) is 2.88. The Morgan fingerprint density at radius 2 is 1.48 bits per heavy atom. The number of nitrogens with one attached hydrogen (secondary N) is 2. The third-order valence-corrected chi connectivity index (χ3v) is 3.58. The summed E-state index contributed by atoms with van der Waals surface area (Å²) in [5.74, 6) is -5.17. The van der Waals surface area contributed by atoms with E-state index in [9.17, 15) is 26.3 Å². The summed E-state index contributed by atoms with van der Waals surface area (Å²) in [6.45, 7) is 0. The SMILES string of the molecule is Nc1nc2c(-c3cc(Cl)c(Cl)[nH]3)nccc2[nH]1.O=C(O)C(F)(F)F.O=C(O)C(F)(F)F. The molecule has 0 saturated carbocycles. The van der Waals surface area contributed by atoms with Gasteiger partial charge in [0, 0.05) is 6.20 Å². The van der Waals surface area contributed by atoms with Gasteiger partial charge in [0.2, 0.25) is 0 Å². The fourth-order valence-corrected chi connectivity index (χ4v) is 2.00. The number of rotatable bonds is 1. The van der Waals surface area contributed by atoms with Crippen LogP contribution in [-0.4, -0.2) is 54.4 Å². The average molecular weight is 496 g/mol. The third kappa shape index (κ3) is 7.53. The molecule has 9 nitrogen and oxygen atoms in total. The number of imidazole rings is 1. The van der Waals surface area contributed by atoms with Crippen LogP contribution in [0.5, 0.6) is 0 Å². The number of hydrogen-bond donors (Lipinski definition) is 5. The lowest BCUT2D eigenvalue weighted by Crippen LogP contribution is -2.21. The van der Waals surface area contributed by atoms with Gasteiger partial charge >= 0.3 is 24.3 Å². The first-order chi connectivity index (χ1) is 14.0. The first-order valence-electron chi connectivity index (χ1n) is 7.28. The number of hydrogen-bond acceptors (Lipinski definition) is 5. The van der Waals surface area contributed by atoms with Gasteiger partial charge in [0.1, 0.15) is 16.4 Å². The maximum atomic E-state index is 10.6. The van der Waals surface area contributed by atoms with E-state index in [0.29, 0.717) is 33.0 Å². The minimum absolute atomic E-state index is 0.345. The number of aromatic nitrogens is 4. The van der Waals surface area contributed by atoms with Crippen molar-refractivity contribution in [2.24, 2.45) is 0 Å². The van der Waals surface area contributed by atoms with Gasteiger partial charge in [0.15, 0.2) is 5.95 Å². The van der Waals surface area contributed by atoms with E-state index in [1.807, 2.05) is 0 Å². The maximum Gasteiger partial charge on any atom is 0.490 e. The summed E-state index contributed by atoms with van der Waals surface area (Å²) in [6, 6.07) is 3.50. The zero-order valence-corrected chi connectivity index (χ0v) is 16.0. The number of fused-ring (bicyclic) bond motifs is 1. The number of aromatic amines is 2. The molecule has 0 amide bonds. The normalized spacial score (nSPS) is 11.2. The van der Waals surface area contributed by atoms with Crippen molar-refractivity contribution >= 4 is 52.1 Å². The molecule has 0 spiro atoms. The van der Waals surface area contributed by atoms with E-state index in [4.69, 9.17) is 48.7 Å². The van der Waals surface area contributed by atoms with Gasteiger partial charge in [-0.05, 0) is 12.1 Å². The summed E-state index contributed by atoms with van der Waals surface area (Å²) in [7, 11) is 0. The number of nitrogens with two attached hydrogens (primary N) is 1. The van der Waals surface area contributed by atoms with E-state index in [1.54, 1.807) is 18.3 Å². The lowest BCUT2D eigenvalue weighted by Gasteiger charge is -1.97. The summed E-state index contributed by atoms with van der Waals surface area (Å²) < 4.78 is 63.5. The summed E-state index contributed by atoms with van der Waals surface area (Å²) in [5.41, 5.74) is 8.47. The lowest BCUT2D eigenvalue weighted by atomic mass is 10.2. The number of carboxylic acids is 2. The Morgan fingerprint density at radius 1 is 1.00 bits per heavy atom. The van der Waals surface area contributed by atoms with Crippen molar-refractivity contribution in [3.8, 4) is 11.4 Å². The van der Waals surface area contributed by atoms with Gasteiger partial charge in [-0.15, -0.1) is 0 Å². The van der Waals surface area contributed by atoms with Crippen LogP contribution in [0.15, 0.2) is 18.3 Å². The first kappa shape index (κ1) is 25.8. The molecule has 6 N–H and O–H groups in total. The van der Waals surface area contributed by atoms with E-state index < -0.39 is 24.3 Å². The molecule has 0 atom stereocenters. The number of carboxylic acid groups (broad SMARTS) is 2. The number of carbonyl (C=O) groups is 2. The molecule has 0 radical (unpaired) electrons. The van der Waals surface area contributed by atoms with Crippen LogP contribution in [0.1, 0.15) is 0 Å². The van der Waals surface area contributed by atoms with Gasteiger partial charge in [-0.1, -0.05) is 23.2 Å². The molecule has 0 aliphatic heterocycles. The number of H-pyrrole nitrogens is 2. The van der Waals surface area contributed by atoms with Crippen LogP contribution in [0.4, 0.5) is 32.3 Å². The zero-order valence-electron chi connectivity index (χ0n) is 14.4. The number of nitrogen functional groups attached to an aromatic ring is 1. The van der Waals surface area contributed by atoms with E-state index in [2.05, 4.69) is 19.9 Å². The van der Waals surface area contributed by atoms with E-state index in [-0.39, 0.29) is 0 Å². The van der Waals surface area contributed by atoms with Gasteiger partial charge in [-0.25, -0.2) is 14.6 Å². The Bertz CT molecular complexity index is 1040. The standard InChI is InChI=1S/C10H7Cl2N5.2C2HF3O2/c11-4-3-6(15-9(4)12)7-8-5(1-2-14-7)16-10(13)17-8;2*3-2(4,5)1(6)7/h1-3,15H,(H3,13,16,17);2*(H,6,7). The van der Waals surface area contributed by atoms with E-state index in [0.717, 1.165) is 5.52 Å². The Balaban J connectivity index is 0.000000288. The molecule has 3 heterocycles. The quantitative estimate of drug-likeness (QED) is 0.317. The van der Waals surface area contributed by atoms with Gasteiger partial charge in [0.25, 0.3) is 0 Å². The second-order valence-corrected chi connectivity index (χ2v) is 5.91. The second-order valence-electron chi connectivity index (χ2n) is 5.13. The van der Waals surface area contributed by atoms with Crippen molar-refractivity contribution in [1.29, 1.82) is 0 Å². The van der Waals surface area contributed by atoms with Gasteiger partial charge < -0.3 is 25.9 Å². The van der Waals surface area contributed by atoms with Crippen LogP contribution in [0.25, 0.3) is 22.4 Å². The van der Waals surface area contributed by atoms with Crippen molar-refractivity contribution in [1.82, 2.24) is 19.9 Å². The first-order valence-corrected chi connectivity index (χ1v) is 8.04.